The number of nitrogens with one attached hydrogen (secondary N) is 2. The van der Waals surface area contributed by atoms with Crippen LogP contribution >= 0.6 is 12.4 Å². The van der Waals surface area contributed by atoms with Crippen molar-refractivity contribution in [3.8, 4) is 11.1 Å². The number of carbonyl (C=O) groups excluding carboxylic acids is 1. The van der Waals surface area contributed by atoms with Gasteiger partial charge in [-0.15, -0.1) is 12.4 Å². The predicted octanol–water partition coefficient (Wildman–Crippen LogP) is 6.22. The van der Waals surface area contributed by atoms with Gasteiger partial charge in [0.1, 0.15) is 5.82 Å². The van der Waals surface area contributed by atoms with Gasteiger partial charge in [-0.2, -0.15) is 9.49 Å². The normalized spacial score (nSPS) is 20.1. The molecule has 186 valence electrons. The van der Waals surface area contributed by atoms with E-state index in [0.717, 1.165) is 56.9 Å². The van der Waals surface area contributed by atoms with Crippen LogP contribution in [0.25, 0.3) is 11.1 Å². The summed E-state index contributed by atoms with van der Waals surface area (Å²) in [5.41, 5.74) is 7.47. The minimum absolute atomic E-state index is 0. The van der Waals surface area contributed by atoms with Crippen LogP contribution in [-0.2, 0) is 11.2 Å². The van der Waals surface area contributed by atoms with Gasteiger partial charge in [-0.1, -0.05) is 45.4 Å². The number of nitrogens with two attached hydrogens (primary N) is 1. The summed E-state index contributed by atoms with van der Waals surface area (Å²) in [7, 11) is 0. The third-order valence-corrected chi connectivity index (χ3v) is 7.08. The first kappa shape index (κ1) is 19.8. The van der Waals surface area contributed by atoms with E-state index < -0.39 is 25.1 Å². The topological polar surface area (TPSA) is 96.7 Å². The molecule has 0 aliphatic heterocycles. The number of rotatable bonds is 6. The average Bonchev–Trinajstić information content (AvgIpc) is 3.26. The first-order chi connectivity index (χ1) is 17.9. The van der Waals surface area contributed by atoms with Crippen molar-refractivity contribution in [2.24, 2.45) is 17.6 Å². The molecule has 2 heterocycles. The van der Waals surface area contributed by atoms with Crippen LogP contribution in [0.4, 0.5) is 10.2 Å². The number of aryl methyl sites for hydroxylation is 2. The molecule has 2 fully saturated rings. The van der Waals surface area contributed by atoms with Crippen LogP contribution in [-0.4, -0.2) is 21.1 Å². The Morgan fingerprint density at radius 3 is 2.35 bits per heavy atom. The Kier molecular flexibility index (Phi) is 6.90. The predicted molar refractivity (Wildman–Crippen MR) is 136 cm³/mol. The van der Waals surface area contributed by atoms with Gasteiger partial charge < -0.3 is 11.1 Å². The Morgan fingerprint density at radius 2 is 1.79 bits per heavy atom. The Morgan fingerprint density at radius 1 is 1.18 bits per heavy atom. The molecule has 2 aliphatic rings. The Bertz CT molecular complexity index is 1180. The summed E-state index contributed by atoms with van der Waals surface area (Å²) in [6.45, 7) is -1.49. The Labute approximate surface area is 214 Å². The van der Waals surface area contributed by atoms with Gasteiger partial charge in [0.15, 0.2) is 0 Å². The lowest BCUT2D eigenvalue weighted by Gasteiger charge is -2.33. The number of hydrogen-bond donors (Lipinski definition) is 3. The highest BCUT2D eigenvalue weighted by molar-refractivity contribution is 6.03. The number of amides is 1. The van der Waals surface area contributed by atoms with Gasteiger partial charge in [0.25, 0.3) is 5.91 Å². The van der Waals surface area contributed by atoms with E-state index in [9.17, 15) is 4.79 Å². The first-order valence-corrected chi connectivity index (χ1v) is 11.9. The zero-order valence-corrected chi connectivity index (χ0v) is 20.4. The third kappa shape index (κ3) is 5.62. The lowest BCUT2D eigenvalue weighted by Crippen LogP contribution is -2.29. The molecule has 0 radical (unpaired) electrons. The molecule has 0 aromatic carbocycles. The smallest absolute Gasteiger partial charge is 0.272 e. The number of pyridine rings is 1. The molecule has 6 nitrogen and oxygen atoms in total. The number of aromatic nitrogens is 3. The number of hydrogen-bond acceptors (Lipinski definition) is 4. The van der Waals surface area contributed by atoms with E-state index in [-0.39, 0.29) is 46.4 Å². The summed E-state index contributed by atoms with van der Waals surface area (Å²) >= 11 is 0. The highest BCUT2D eigenvalue weighted by atomic mass is 35.5. The molecule has 0 atom stereocenters. The molecule has 2 saturated carbocycles. The second-order valence-corrected chi connectivity index (χ2v) is 9.21. The molecule has 2 aliphatic carbocycles. The van der Waals surface area contributed by atoms with Crippen LogP contribution in [0, 0.1) is 24.7 Å². The number of halogens is 2. The first-order valence-electron chi connectivity index (χ1n) is 14.4. The zero-order chi connectivity index (χ0) is 27.7. The van der Waals surface area contributed by atoms with Crippen LogP contribution in [0.5, 0.6) is 0 Å². The molecule has 0 bridgehead atoms. The van der Waals surface area contributed by atoms with Crippen LogP contribution < -0.4 is 11.1 Å². The van der Waals surface area contributed by atoms with Gasteiger partial charge in [-0.3, -0.25) is 9.89 Å². The molecule has 34 heavy (non-hydrogen) atoms. The summed E-state index contributed by atoms with van der Waals surface area (Å²) in [6.07, 6.45) is 8.20. The lowest BCUT2D eigenvalue weighted by molar-refractivity contribution is -0.113. The fourth-order valence-electron chi connectivity index (χ4n) is 5.46. The lowest BCUT2D eigenvalue weighted by atomic mass is 9.73. The van der Waals surface area contributed by atoms with E-state index in [1.54, 1.807) is 0 Å². The molecule has 8 heteroatoms. The zero-order valence-electron chi connectivity index (χ0n) is 24.5. The van der Waals surface area contributed by atoms with Crippen LogP contribution in [0.1, 0.15) is 89.3 Å². The molecule has 0 unspecified atom stereocenters. The molecular formula is C26H37ClFN5O. The number of anilines is 1. The summed E-state index contributed by atoms with van der Waals surface area (Å²) < 4.78 is 54.1. The molecule has 0 saturated heterocycles. The second-order valence-electron chi connectivity index (χ2n) is 9.21. The van der Waals surface area contributed by atoms with Gasteiger partial charge in [-0.05, 0) is 68.5 Å². The van der Waals surface area contributed by atoms with Crippen molar-refractivity contribution in [2.45, 2.75) is 84.4 Å². The average molecular weight is 495 g/mol. The molecule has 2 aromatic rings. The highest BCUT2D eigenvalue weighted by Crippen LogP contribution is 2.40. The van der Waals surface area contributed by atoms with Crippen molar-refractivity contribution in [1.29, 1.82) is 0 Å². The van der Waals surface area contributed by atoms with Gasteiger partial charge in [-0.25, -0.2) is 4.98 Å². The van der Waals surface area contributed by atoms with Gasteiger partial charge in [0.2, 0.25) is 5.95 Å². The maximum absolute atomic E-state index is 15.2. The monoisotopic (exact) mass is 494 g/mol. The van der Waals surface area contributed by atoms with E-state index in [2.05, 4.69) is 20.5 Å². The van der Waals surface area contributed by atoms with Gasteiger partial charge in [0.05, 0.1) is 11.4 Å². The molecule has 4 N–H and O–H groups in total. The molecular weight excluding hydrogens is 453 g/mol. The number of aromatic amines is 1. The minimum Gasteiger partial charge on any atom is -0.394 e. The van der Waals surface area contributed by atoms with Crippen molar-refractivity contribution in [3.05, 3.63) is 40.7 Å². The largest absolute Gasteiger partial charge is 0.394 e. The molecule has 2 aromatic heterocycles. The van der Waals surface area contributed by atoms with Crippen LogP contribution in [0.3, 0.4) is 0 Å². The molecule has 1 amide bonds. The minimum atomic E-state index is -3.00. The third-order valence-electron chi connectivity index (χ3n) is 7.08. The van der Waals surface area contributed by atoms with Gasteiger partial charge >= 0.3 is 0 Å². The van der Waals surface area contributed by atoms with E-state index >= 15 is 4.39 Å². The highest BCUT2D eigenvalue weighted by Gasteiger charge is 2.30. The van der Waals surface area contributed by atoms with Crippen molar-refractivity contribution < 1.29 is 16.0 Å². The van der Waals surface area contributed by atoms with E-state index in [0.29, 0.717) is 11.8 Å². The van der Waals surface area contributed by atoms with Gasteiger partial charge in [0, 0.05) is 23.7 Å². The van der Waals surface area contributed by atoms with Crippen molar-refractivity contribution in [1.82, 2.24) is 15.2 Å². The van der Waals surface area contributed by atoms with Crippen molar-refractivity contribution in [2.75, 3.05) is 5.32 Å². The quantitative estimate of drug-likeness (QED) is 0.328. The standard InChI is InChI=1S/C26H36FN5O.ClH/c1-3-20-22(16(2)31-32-20)19-14-15-21(29-25(19)27)30-26(33)24(28)23(17-10-6-4-7-11-17)18-12-8-5-9-13-18;/h14-15,17-18H,3-13,28H2,1-2H3,(H,31,32)(H,29,30,33);1H/i1D3,3D2;. The van der Waals surface area contributed by atoms with Crippen LogP contribution in [0.15, 0.2) is 23.4 Å². The second kappa shape index (κ2) is 11.8. The Hall–Kier alpha value is -2.41. The van der Waals surface area contributed by atoms with Crippen molar-refractivity contribution in [3.63, 3.8) is 0 Å². The number of nitrogens with zero attached hydrogens (tertiary/aromatic N) is 2. The number of H-pyrrole nitrogens is 1. The maximum Gasteiger partial charge on any atom is 0.272 e. The SMILES string of the molecule is Cl.[2H]C([2H])([2H])C([2H])([2H])c1[nH]nc(C)c1-c1ccc(NC(=O)C(N)=C(C2CCCCC2)C2CCCCC2)nc1F. The fraction of sp³-hybridized carbons (Fsp3) is 0.577. The molecule has 0 spiro atoms. The van der Waals surface area contributed by atoms with E-state index in [4.69, 9.17) is 12.6 Å². The van der Waals surface area contributed by atoms with Crippen LogP contribution in [0.2, 0.25) is 0 Å². The van der Waals surface area contributed by atoms with E-state index in [1.165, 1.54) is 31.9 Å². The Balaban J connectivity index is 0.00000420. The summed E-state index contributed by atoms with van der Waals surface area (Å²) in [5, 5.41) is 8.96. The summed E-state index contributed by atoms with van der Waals surface area (Å²) in [4.78, 5) is 17.1. The molecule has 4 rings (SSSR count). The number of allylic oxidation sites excluding steroid dienone is 1. The fourth-order valence-corrected chi connectivity index (χ4v) is 5.46. The maximum atomic E-state index is 15.2. The van der Waals surface area contributed by atoms with E-state index in [1.807, 2.05) is 0 Å². The summed E-state index contributed by atoms with van der Waals surface area (Å²) in [6, 6.07) is 2.73. The number of carbonyl (C=O) groups is 1. The van der Waals surface area contributed by atoms with Crippen molar-refractivity contribution >= 4 is 24.1 Å². The summed E-state index contributed by atoms with van der Waals surface area (Å²) in [5.74, 6) is -0.944.